The van der Waals surface area contributed by atoms with Gasteiger partial charge in [0.25, 0.3) is 5.92 Å². The number of halogens is 2. The molecule has 1 N–H and O–H groups in total. The first-order chi connectivity index (χ1) is 12.9. The van der Waals surface area contributed by atoms with Gasteiger partial charge in [-0.25, -0.2) is 23.1 Å². The van der Waals surface area contributed by atoms with E-state index in [2.05, 4.69) is 20.1 Å². The Balaban J connectivity index is 0.000000817. The molecule has 10 heteroatoms. The molecule has 0 radical (unpaired) electrons. The molecule has 1 fully saturated rings. The molecule has 2 aromatic rings. The van der Waals surface area contributed by atoms with Crippen LogP contribution in [-0.4, -0.2) is 72.0 Å². The number of alkyl halides is 2. The third-order valence-electron chi connectivity index (χ3n) is 3.71. The second-order valence-corrected chi connectivity index (χ2v) is 6.12. The maximum absolute atomic E-state index is 13.4. The van der Waals surface area contributed by atoms with Crippen LogP contribution in [0, 0.1) is 0 Å². The highest BCUT2D eigenvalue weighted by atomic mass is 19.3. The van der Waals surface area contributed by atoms with Gasteiger partial charge < -0.3 is 19.7 Å². The van der Waals surface area contributed by atoms with E-state index in [0.717, 1.165) is 10.6 Å². The molecule has 3 rings (SSSR count). The van der Waals surface area contributed by atoms with Crippen LogP contribution < -0.4 is 5.32 Å². The van der Waals surface area contributed by atoms with Crippen molar-refractivity contribution in [1.29, 1.82) is 0 Å². The summed E-state index contributed by atoms with van der Waals surface area (Å²) in [5.41, 5.74) is 2.11. The maximum atomic E-state index is 13.4. The topological polar surface area (TPSA) is 81.0 Å². The zero-order chi connectivity index (χ0) is 19.9. The molecule has 3 heterocycles. The second-order valence-electron chi connectivity index (χ2n) is 6.12. The fourth-order valence-corrected chi connectivity index (χ4v) is 2.56. The Morgan fingerprint density at radius 2 is 2.11 bits per heavy atom. The van der Waals surface area contributed by atoms with E-state index >= 15 is 0 Å². The summed E-state index contributed by atoms with van der Waals surface area (Å²) in [5.74, 6) is -2.93. The molecule has 1 aliphatic heterocycles. The fourth-order valence-electron chi connectivity index (χ4n) is 2.56. The molecule has 1 saturated heterocycles. The van der Waals surface area contributed by atoms with Crippen molar-refractivity contribution in [2.45, 2.75) is 25.8 Å². The Hall–Kier alpha value is -2.33. The van der Waals surface area contributed by atoms with Crippen molar-refractivity contribution in [2.75, 3.05) is 40.5 Å². The van der Waals surface area contributed by atoms with Crippen molar-refractivity contribution in [1.82, 2.24) is 24.8 Å². The lowest BCUT2D eigenvalue weighted by molar-refractivity contribution is -0.0367. The molecular formula is C17H25F2N5O3. The van der Waals surface area contributed by atoms with E-state index in [0.29, 0.717) is 30.8 Å². The first-order valence-electron chi connectivity index (χ1n) is 8.60. The molecule has 8 nitrogen and oxygen atoms in total. The van der Waals surface area contributed by atoms with Crippen LogP contribution in [0.5, 0.6) is 0 Å². The summed E-state index contributed by atoms with van der Waals surface area (Å²) in [7, 11) is 3.25. The van der Waals surface area contributed by atoms with Crippen LogP contribution in [-0.2, 0) is 22.4 Å². The number of aromatic nitrogens is 3. The molecule has 2 amide bonds. The lowest BCUT2D eigenvalue weighted by Crippen LogP contribution is -2.56. The number of amides is 2. The summed E-state index contributed by atoms with van der Waals surface area (Å²) in [6.45, 7) is 2.00. The Bertz CT molecular complexity index is 753. The fraction of sp³-hybridized carbons (Fsp3) is 0.588. The normalized spacial score (nSPS) is 16.0. The van der Waals surface area contributed by atoms with Gasteiger partial charge in [-0.3, -0.25) is 0 Å². The standard InChI is InChI=1S/C15H19F2N5O2.C2H6O/c1-2-24-4-3-12-8-22-13(20-12)5-11(6-19-22)7-21-10-15(16,17)9-18-14(21)23;1-3-2/h5-6,8H,2-4,7,9-10H2,1H3,(H,18,23);1-2H3. The number of ether oxygens (including phenoxy) is 2. The highest BCUT2D eigenvalue weighted by Crippen LogP contribution is 2.20. The SMILES string of the molecule is CCOCCc1cn2ncc(CN3CC(F)(F)CNC3=O)cc2n1.COC. The minimum Gasteiger partial charge on any atom is -0.388 e. The molecule has 0 atom stereocenters. The quantitative estimate of drug-likeness (QED) is 0.766. The number of hydrogen-bond donors (Lipinski definition) is 1. The summed E-state index contributed by atoms with van der Waals surface area (Å²) >= 11 is 0. The highest BCUT2D eigenvalue weighted by Gasteiger charge is 2.38. The van der Waals surface area contributed by atoms with Crippen molar-refractivity contribution < 1.29 is 23.0 Å². The van der Waals surface area contributed by atoms with Gasteiger partial charge in [-0.2, -0.15) is 5.10 Å². The summed E-state index contributed by atoms with van der Waals surface area (Å²) in [6, 6.07) is 1.25. The summed E-state index contributed by atoms with van der Waals surface area (Å²) in [5, 5.41) is 6.42. The Morgan fingerprint density at radius 3 is 2.81 bits per heavy atom. The number of carbonyl (C=O) groups excluding carboxylic acids is 1. The van der Waals surface area contributed by atoms with Crippen LogP contribution in [0.1, 0.15) is 18.2 Å². The molecule has 0 unspecified atom stereocenters. The van der Waals surface area contributed by atoms with Crippen LogP contribution in [0.3, 0.4) is 0 Å². The van der Waals surface area contributed by atoms with Crippen molar-refractivity contribution in [2.24, 2.45) is 0 Å². The average molecular weight is 385 g/mol. The first kappa shape index (κ1) is 21.0. The number of hydrogen-bond acceptors (Lipinski definition) is 5. The van der Waals surface area contributed by atoms with E-state index in [1.807, 2.05) is 6.92 Å². The number of fused-ring (bicyclic) bond motifs is 1. The summed E-state index contributed by atoms with van der Waals surface area (Å²) < 4.78 is 38.0. The summed E-state index contributed by atoms with van der Waals surface area (Å²) in [6.07, 6.45) is 4.04. The number of methoxy groups -OCH3 is 1. The predicted octanol–water partition coefficient (Wildman–Crippen LogP) is 1.73. The van der Waals surface area contributed by atoms with Crippen LogP contribution in [0.15, 0.2) is 18.5 Å². The number of carbonyl (C=O) groups is 1. The van der Waals surface area contributed by atoms with Crippen molar-refractivity contribution in [3.8, 4) is 0 Å². The minimum absolute atomic E-state index is 0.0616. The molecule has 0 spiro atoms. The third kappa shape index (κ3) is 6.10. The van der Waals surface area contributed by atoms with E-state index < -0.39 is 25.0 Å². The van der Waals surface area contributed by atoms with E-state index in [4.69, 9.17) is 4.74 Å². The largest absolute Gasteiger partial charge is 0.388 e. The van der Waals surface area contributed by atoms with Crippen molar-refractivity contribution >= 4 is 11.7 Å². The molecule has 150 valence electrons. The summed E-state index contributed by atoms with van der Waals surface area (Å²) in [4.78, 5) is 17.2. The molecule has 0 bridgehead atoms. The molecule has 2 aromatic heterocycles. The number of imidazole rings is 1. The zero-order valence-electron chi connectivity index (χ0n) is 15.7. The average Bonchev–Trinajstić information content (AvgIpc) is 3.01. The van der Waals surface area contributed by atoms with Gasteiger partial charge in [0.15, 0.2) is 5.65 Å². The van der Waals surface area contributed by atoms with Crippen LogP contribution >= 0.6 is 0 Å². The number of urea groups is 1. The van der Waals surface area contributed by atoms with Gasteiger partial charge in [0, 0.05) is 33.8 Å². The Labute approximate surface area is 156 Å². The molecule has 0 aliphatic carbocycles. The third-order valence-corrected chi connectivity index (χ3v) is 3.71. The highest BCUT2D eigenvalue weighted by molar-refractivity contribution is 5.75. The van der Waals surface area contributed by atoms with Crippen LogP contribution in [0.2, 0.25) is 0 Å². The van der Waals surface area contributed by atoms with Gasteiger partial charge in [-0.05, 0) is 18.6 Å². The van der Waals surface area contributed by atoms with Crippen molar-refractivity contribution in [3.05, 3.63) is 29.7 Å². The van der Waals surface area contributed by atoms with Crippen LogP contribution in [0.4, 0.5) is 13.6 Å². The number of nitrogens with one attached hydrogen (secondary N) is 1. The van der Waals surface area contributed by atoms with E-state index in [9.17, 15) is 13.6 Å². The smallest absolute Gasteiger partial charge is 0.318 e. The Morgan fingerprint density at radius 1 is 1.37 bits per heavy atom. The molecule has 1 aliphatic rings. The molecular weight excluding hydrogens is 360 g/mol. The molecule has 0 aromatic carbocycles. The van der Waals surface area contributed by atoms with Gasteiger partial charge in [-0.1, -0.05) is 0 Å². The minimum atomic E-state index is -2.93. The molecule has 27 heavy (non-hydrogen) atoms. The Kier molecular flexibility index (Phi) is 7.43. The molecule has 0 saturated carbocycles. The lowest BCUT2D eigenvalue weighted by atomic mass is 10.2. The predicted molar refractivity (Wildman–Crippen MR) is 94.9 cm³/mol. The van der Waals surface area contributed by atoms with Gasteiger partial charge in [0.1, 0.15) is 0 Å². The van der Waals surface area contributed by atoms with Gasteiger partial charge in [0.2, 0.25) is 0 Å². The number of rotatable bonds is 6. The first-order valence-corrected chi connectivity index (χ1v) is 8.60. The van der Waals surface area contributed by atoms with E-state index in [1.54, 1.807) is 37.2 Å². The monoisotopic (exact) mass is 385 g/mol. The van der Waals surface area contributed by atoms with E-state index in [-0.39, 0.29) is 6.54 Å². The maximum Gasteiger partial charge on any atom is 0.318 e. The van der Waals surface area contributed by atoms with Gasteiger partial charge in [0.05, 0.1) is 37.8 Å². The van der Waals surface area contributed by atoms with Gasteiger partial charge >= 0.3 is 6.03 Å². The van der Waals surface area contributed by atoms with Crippen LogP contribution in [0.25, 0.3) is 5.65 Å². The lowest BCUT2D eigenvalue weighted by Gasteiger charge is -2.32. The number of nitrogens with zero attached hydrogens (tertiary/aromatic N) is 4. The van der Waals surface area contributed by atoms with Gasteiger partial charge in [-0.15, -0.1) is 0 Å². The zero-order valence-corrected chi connectivity index (χ0v) is 15.7. The second kappa shape index (κ2) is 9.56. The van der Waals surface area contributed by atoms with Crippen molar-refractivity contribution in [3.63, 3.8) is 0 Å². The van der Waals surface area contributed by atoms with E-state index in [1.165, 1.54) is 0 Å².